The smallest absolute Gasteiger partial charge is 0.152 e. The number of pyridine rings is 2. The Bertz CT molecular complexity index is 1150. The average molecular weight is 409 g/mol. The Balaban J connectivity index is 2.09. The molecule has 3 aromatic rings. The Kier molecular flexibility index (Phi) is 5.62. The molecule has 2 heterocycles. The lowest BCUT2D eigenvalue weighted by molar-refractivity contribution is 0.474. The summed E-state index contributed by atoms with van der Waals surface area (Å²) in [6.45, 7) is 6.12. The standard InChI is InChI=1S/C22H18ClFN4O/c1-22(2,3)19-10-13(6-8-26-19)20-21(29)15(7-9-27-20)18(12-25)28-14-4-5-17(24)16(23)11-14/h4-11,29H,1-3H3. The van der Waals surface area contributed by atoms with Crippen molar-refractivity contribution in [3.63, 3.8) is 0 Å². The summed E-state index contributed by atoms with van der Waals surface area (Å²) >= 11 is 5.78. The molecule has 0 saturated heterocycles. The van der Waals surface area contributed by atoms with Gasteiger partial charge >= 0.3 is 0 Å². The summed E-state index contributed by atoms with van der Waals surface area (Å²) in [7, 11) is 0. The van der Waals surface area contributed by atoms with Gasteiger partial charge in [-0.2, -0.15) is 5.26 Å². The molecule has 0 saturated carbocycles. The Morgan fingerprint density at radius 2 is 1.86 bits per heavy atom. The van der Waals surface area contributed by atoms with Crippen LogP contribution in [0.5, 0.6) is 5.75 Å². The molecule has 0 aliphatic carbocycles. The number of nitriles is 1. The molecule has 146 valence electrons. The van der Waals surface area contributed by atoms with Gasteiger partial charge < -0.3 is 5.11 Å². The first-order valence-electron chi connectivity index (χ1n) is 8.80. The maximum atomic E-state index is 13.4. The predicted octanol–water partition coefficient (Wildman–Crippen LogP) is 5.58. The van der Waals surface area contributed by atoms with Crippen molar-refractivity contribution in [2.45, 2.75) is 26.2 Å². The highest BCUT2D eigenvalue weighted by Crippen LogP contribution is 2.33. The van der Waals surface area contributed by atoms with Gasteiger partial charge in [0.25, 0.3) is 0 Å². The second kappa shape index (κ2) is 7.98. The van der Waals surface area contributed by atoms with Crippen molar-refractivity contribution in [1.82, 2.24) is 9.97 Å². The summed E-state index contributed by atoms with van der Waals surface area (Å²) in [5, 5.41) is 20.3. The number of aromatic hydroxyl groups is 1. The van der Waals surface area contributed by atoms with Gasteiger partial charge in [0.2, 0.25) is 0 Å². The van der Waals surface area contributed by atoms with Crippen molar-refractivity contribution in [2.75, 3.05) is 0 Å². The number of nitrogens with zero attached hydrogens (tertiary/aromatic N) is 4. The average Bonchev–Trinajstić information content (AvgIpc) is 2.69. The highest BCUT2D eigenvalue weighted by Gasteiger charge is 2.19. The summed E-state index contributed by atoms with van der Waals surface area (Å²) in [5.41, 5.74) is 2.12. The number of rotatable bonds is 3. The number of aliphatic imine (C=N–C) groups is 1. The molecule has 0 bridgehead atoms. The Morgan fingerprint density at radius 3 is 2.52 bits per heavy atom. The molecule has 1 N–H and O–H groups in total. The van der Waals surface area contributed by atoms with Crippen molar-refractivity contribution in [1.29, 1.82) is 5.26 Å². The van der Waals surface area contributed by atoms with Gasteiger partial charge in [0.05, 0.1) is 16.3 Å². The number of halogens is 2. The van der Waals surface area contributed by atoms with Gasteiger partial charge in [0.15, 0.2) is 11.5 Å². The summed E-state index contributed by atoms with van der Waals surface area (Å²) in [5.74, 6) is -0.752. The van der Waals surface area contributed by atoms with Crippen LogP contribution in [0.1, 0.15) is 32.0 Å². The Labute approximate surface area is 173 Å². The van der Waals surface area contributed by atoms with E-state index in [0.717, 1.165) is 5.69 Å². The molecule has 0 amide bonds. The van der Waals surface area contributed by atoms with Crippen molar-refractivity contribution in [3.05, 3.63) is 70.9 Å². The van der Waals surface area contributed by atoms with E-state index in [1.807, 2.05) is 32.9 Å². The van der Waals surface area contributed by atoms with Gasteiger partial charge in [-0.15, -0.1) is 0 Å². The van der Waals surface area contributed by atoms with E-state index < -0.39 is 5.82 Å². The van der Waals surface area contributed by atoms with E-state index in [9.17, 15) is 14.8 Å². The molecule has 0 radical (unpaired) electrons. The first-order valence-corrected chi connectivity index (χ1v) is 9.17. The molecule has 0 fully saturated rings. The molecule has 7 heteroatoms. The molecule has 3 rings (SSSR count). The third-order valence-corrected chi connectivity index (χ3v) is 4.52. The van der Waals surface area contributed by atoms with Gasteiger partial charge in [-0.25, -0.2) is 9.38 Å². The highest BCUT2D eigenvalue weighted by atomic mass is 35.5. The normalized spacial score (nSPS) is 11.9. The summed E-state index contributed by atoms with van der Waals surface area (Å²) in [6, 6.07) is 10.9. The van der Waals surface area contributed by atoms with Crippen LogP contribution in [0.2, 0.25) is 5.02 Å². The largest absolute Gasteiger partial charge is 0.505 e. The number of aromatic nitrogens is 2. The van der Waals surface area contributed by atoms with Gasteiger partial charge in [0, 0.05) is 29.1 Å². The van der Waals surface area contributed by atoms with E-state index in [-0.39, 0.29) is 27.5 Å². The first kappa shape index (κ1) is 20.4. The van der Waals surface area contributed by atoms with Gasteiger partial charge in [-0.1, -0.05) is 32.4 Å². The quantitative estimate of drug-likeness (QED) is 0.573. The van der Waals surface area contributed by atoms with E-state index in [2.05, 4.69) is 15.0 Å². The monoisotopic (exact) mass is 408 g/mol. The van der Waals surface area contributed by atoms with Crippen LogP contribution in [0, 0.1) is 17.1 Å². The Hall–Kier alpha value is -3.30. The fourth-order valence-electron chi connectivity index (χ4n) is 2.67. The maximum absolute atomic E-state index is 13.4. The maximum Gasteiger partial charge on any atom is 0.152 e. The summed E-state index contributed by atoms with van der Waals surface area (Å²) in [6.07, 6.45) is 3.15. The van der Waals surface area contributed by atoms with Crippen molar-refractivity contribution < 1.29 is 9.50 Å². The molecule has 0 atom stereocenters. The van der Waals surface area contributed by atoms with Crippen LogP contribution in [0.3, 0.4) is 0 Å². The van der Waals surface area contributed by atoms with Crippen LogP contribution in [-0.4, -0.2) is 20.8 Å². The zero-order valence-corrected chi connectivity index (χ0v) is 16.9. The zero-order chi connectivity index (χ0) is 21.2. The van der Waals surface area contributed by atoms with Crippen molar-refractivity contribution >= 4 is 23.0 Å². The third-order valence-electron chi connectivity index (χ3n) is 4.23. The topological polar surface area (TPSA) is 82.2 Å². The molecule has 5 nitrogen and oxygen atoms in total. The minimum Gasteiger partial charge on any atom is -0.505 e. The third kappa shape index (κ3) is 4.41. The predicted molar refractivity (Wildman–Crippen MR) is 111 cm³/mol. The number of hydrogen-bond acceptors (Lipinski definition) is 5. The number of benzene rings is 1. The summed E-state index contributed by atoms with van der Waals surface area (Å²) in [4.78, 5) is 12.9. The van der Waals surface area contributed by atoms with Crippen LogP contribution in [0.25, 0.3) is 11.3 Å². The molecular formula is C22H18ClFN4O. The van der Waals surface area contributed by atoms with Gasteiger partial charge in [-0.05, 0) is 36.4 Å². The fraction of sp³-hybridized carbons (Fsp3) is 0.182. The van der Waals surface area contributed by atoms with Crippen molar-refractivity contribution in [3.8, 4) is 23.1 Å². The molecule has 0 aliphatic heterocycles. The molecule has 0 spiro atoms. The first-order chi connectivity index (χ1) is 13.7. The zero-order valence-electron chi connectivity index (χ0n) is 16.1. The van der Waals surface area contributed by atoms with Crippen LogP contribution < -0.4 is 0 Å². The SMILES string of the molecule is CC(C)(C)c1cc(-c2nccc(C(C#N)=Nc3ccc(F)c(Cl)c3)c2O)ccn1. The lowest BCUT2D eigenvalue weighted by Crippen LogP contribution is -2.13. The molecule has 0 unspecified atom stereocenters. The lowest BCUT2D eigenvalue weighted by Gasteiger charge is -2.18. The minimum atomic E-state index is -0.578. The fourth-order valence-corrected chi connectivity index (χ4v) is 2.85. The van der Waals surface area contributed by atoms with Crippen LogP contribution in [-0.2, 0) is 5.41 Å². The van der Waals surface area contributed by atoms with E-state index in [4.69, 9.17) is 11.6 Å². The molecule has 1 aromatic carbocycles. The van der Waals surface area contributed by atoms with E-state index >= 15 is 0 Å². The van der Waals surface area contributed by atoms with Crippen molar-refractivity contribution in [2.24, 2.45) is 4.99 Å². The van der Waals surface area contributed by atoms with E-state index in [0.29, 0.717) is 16.9 Å². The molecule has 0 aliphatic rings. The van der Waals surface area contributed by atoms with Gasteiger partial charge in [0.1, 0.15) is 17.6 Å². The van der Waals surface area contributed by atoms with Crippen LogP contribution in [0.4, 0.5) is 10.1 Å². The van der Waals surface area contributed by atoms with E-state index in [1.165, 1.54) is 30.5 Å². The van der Waals surface area contributed by atoms with Gasteiger partial charge in [-0.3, -0.25) is 9.97 Å². The minimum absolute atomic E-state index is 0.0427. The highest BCUT2D eigenvalue weighted by molar-refractivity contribution is 6.31. The molecular weight excluding hydrogens is 391 g/mol. The van der Waals surface area contributed by atoms with Crippen LogP contribution >= 0.6 is 11.6 Å². The Morgan fingerprint density at radius 1 is 1.14 bits per heavy atom. The molecule has 2 aromatic heterocycles. The van der Waals surface area contributed by atoms with E-state index in [1.54, 1.807) is 12.3 Å². The second-order valence-electron chi connectivity index (χ2n) is 7.41. The summed E-state index contributed by atoms with van der Waals surface area (Å²) < 4.78 is 13.4. The molecule has 29 heavy (non-hydrogen) atoms. The number of hydrogen-bond donors (Lipinski definition) is 1. The van der Waals surface area contributed by atoms with Crippen LogP contribution in [0.15, 0.2) is 53.8 Å². The lowest BCUT2D eigenvalue weighted by atomic mass is 9.90. The second-order valence-corrected chi connectivity index (χ2v) is 7.81.